The molecule has 80 valence electrons. The lowest BCUT2D eigenvalue weighted by molar-refractivity contribution is 0.359. The number of para-hydroxylation sites is 1. The Morgan fingerprint density at radius 3 is 2.67 bits per heavy atom. The molecular formula is C12H14FNO. The van der Waals surface area contributed by atoms with Gasteiger partial charge in [-0.05, 0) is 17.5 Å². The van der Waals surface area contributed by atoms with Crippen LogP contribution in [-0.4, -0.2) is 4.98 Å². The molecule has 0 fully saturated rings. The number of fused-ring (bicyclic) bond motifs is 1. The Hall–Kier alpha value is -1.38. The molecule has 0 aliphatic carbocycles. The number of hydrogen-bond acceptors (Lipinski definition) is 2. The molecule has 0 unspecified atom stereocenters. The van der Waals surface area contributed by atoms with E-state index in [2.05, 4.69) is 25.8 Å². The lowest BCUT2D eigenvalue weighted by atomic mass is 9.92. The molecule has 1 aromatic heterocycles. The van der Waals surface area contributed by atoms with Crippen LogP contribution in [0.5, 0.6) is 0 Å². The maximum Gasteiger partial charge on any atom is 0.196 e. The normalized spacial score (nSPS) is 12.3. The first-order valence-corrected chi connectivity index (χ1v) is 5.00. The van der Waals surface area contributed by atoms with Gasteiger partial charge in [0.1, 0.15) is 5.52 Å². The highest BCUT2D eigenvalue weighted by Crippen LogP contribution is 2.24. The molecule has 0 spiro atoms. The van der Waals surface area contributed by atoms with E-state index >= 15 is 0 Å². The molecule has 0 saturated heterocycles. The molecule has 0 bridgehead atoms. The Kier molecular flexibility index (Phi) is 2.25. The number of oxazole rings is 1. The zero-order valence-corrected chi connectivity index (χ0v) is 9.17. The van der Waals surface area contributed by atoms with Gasteiger partial charge in [-0.25, -0.2) is 9.37 Å². The summed E-state index contributed by atoms with van der Waals surface area (Å²) in [5.41, 5.74) is 0.947. The molecule has 2 rings (SSSR count). The average Bonchev–Trinajstić information content (AvgIpc) is 2.45. The number of benzene rings is 1. The van der Waals surface area contributed by atoms with Crippen LogP contribution in [-0.2, 0) is 6.42 Å². The third kappa shape index (κ3) is 2.17. The molecular weight excluding hydrogens is 193 g/mol. The van der Waals surface area contributed by atoms with Crippen molar-refractivity contribution in [1.29, 1.82) is 0 Å². The van der Waals surface area contributed by atoms with Crippen LogP contribution in [0.2, 0.25) is 0 Å². The van der Waals surface area contributed by atoms with Crippen molar-refractivity contribution in [3.63, 3.8) is 0 Å². The van der Waals surface area contributed by atoms with E-state index in [4.69, 9.17) is 4.42 Å². The summed E-state index contributed by atoms with van der Waals surface area (Å²) in [6.07, 6.45) is 0.709. The van der Waals surface area contributed by atoms with Crippen LogP contribution in [0.3, 0.4) is 0 Å². The number of aromatic nitrogens is 1. The molecule has 0 radical (unpaired) electrons. The number of halogens is 1. The van der Waals surface area contributed by atoms with Gasteiger partial charge in [0.2, 0.25) is 0 Å². The molecule has 0 aliphatic heterocycles. The van der Waals surface area contributed by atoms with Gasteiger partial charge in [-0.3, -0.25) is 0 Å². The molecule has 2 nitrogen and oxygen atoms in total. The van der Waals surface area contributed by atoms with Crippen molar-refractivity contribution in [2.75, 3.05) is 0 Å². The molecule has 15 heavy (non-hydrogen) atoms. The van der Waals surface area contributed by atoms with Crippen molar-refractivity contribution in [2.45, 2.75) is 27.2 Å². The molecule has 0 N–H and O–H groups in total. The van der Waals surface area contributed by atoms with Crippen molar-refractivity contribution < 1.29 is 8.81 Å². The lowest BCUT2D eigenvalue weighted by Crippen LogP contribution is -2.09. The van der Waals surface area contributed by atoms with E-state index in [0.29, 0.717) is 17.8 Å². The molecule has 0 saturated carbocycles. The van der Waals surface area contributed by atoms with Gasteiger partial charge in [0.25, 0.3) is 0 Å². The summed E-state index contributed by atoms with van der Waals surface area (Å²) >= 11 is 0. The Bertz CT molecular complexity index is 482. The molecule has 0 amide bonds. The fourth-order valence-electron chi connectivity index (χ4n) is 1.49. The Labute approximate surface area is 88.1 Å². The Morgan fingerprint density at radius 1 is 1.33 bits per heavy atom. The number of nitrogens with zero attached hydrogens (tertiary/aromatic N) is 1. The predicted molar refractivity (Wildman–Crippen MR) is 57.1 cm³/mol. The van der Waals surface area contributed by atoms with Crippen molar-refractivity contribution in [2.24, 2.45) is 5.41 Å². The summed E-state index contributed by atoms with van der Waals surface area (Å²) in [5, 5.41) is 0. The van der Waals surface area contributed by atoms with E-state index in [1.165, 1.54) is 6.07 Å². The van der Waals surface area contributed by atoms with Crippen LogP contribution >= 0.6 is 0 Å². The minimum Gasteiger partial charge on any atom is -0.438 e. The van der Waals surface area contributed by atoms with E-state index in [-0.39, 0.29) is 16.8 Å². The number of rotatable bonds is 1. The van der Waals surface area contributed by atoms with Gasteiger partial charge in [0.05, 0.1) is 0 Å². The van der Waals surface area contributed by atoms with Gasteiger partial charge < -0.3 is 4.42 Å². The molecule has 3 heteroatoms. The number of hydrogen-bond donors (Lipinski definition) is 0. The summed E-state index contributed by atoms with van der Waals surface area (Å²) in [7, 11) is 0. The largest absolute Gasteiger partial charge is 0.438 e. The second-order valence-electron chi connectivity index (χ2n) is 4.93. The zero-order chi connectivity index (χ0) is 11.1. The fraction of sp³-hybridized carbons (Fsp3) is 0.417. The minimum absolute atomic E-state index is 0.0946. The van der Waals surface area contributed by atoms with Gasteiger partial charge in [0.15, 0.2) is 17.3 Å². The molecule has 0 atom stereocenters. The van der Waals surface area contributed by atoms with Gasteiger partial charge in [-0.1, -0.05) is 26.8 Å². The Morgan fingerprint density at radius 2 is 2.07 bits per heavy atom. The van der Waals surface area contributed by atoms with E-state index in [1.54, 1.807) is 12.1 Å². The maximum absolute atomic E-state index is 13.3. The summed E-state index contributed by atoms with van der Waals surface area (Å²) < 4.78 is 18.7. The smallest absolute Gasteiger partial charge is 0.196 e. The molecule has 2 aromatic rings. The summed E-state index contributed by atoms with van der Waals surface area (Å²) in [4.78, 5) is 4.25. The first-order valence-electron chi connectivity index (χ1n) is 5.00. The standard InChI is InChI=1S/C12H14FNO/c1-12(2,3)7-10-14-9-6-4-5-8(13)11(9)15-10/h4-6H,7H2,1-3H3. The van der Waals surface area contributed by atoms with Crippen LogP contribution in [0.15, 0.2) is 22.6 Å². The van der Waals surface area contributed by atoms with Crippen molar-refractivity contribution in [1.82, 2.24) is 4.98 Å². The van der Waals surface area contributed by atoms with Crippen molar-refractivity contribution >= 4 is 11.1 Å². The average molecular weight is 207 g/mol. The van der Waals surface area contributed by atoms with Crippen LogP contribution in [0.1, 0.15) is 26.7 Å². The predicted octanol–water partition coefficient (Wildman–Crippen LogP) is 3.56. The minimum atomic E-state index is -0.347. The van der Waals surface area contributed by atoms with Crippen LogP contribution < -0.4 is 0 Å². The lowest BCUT2D eigenvalue weighted by Gasteiger charge is -2.14. The third-order valence-electron chi connectivity index (χ3n) is 2.09. The highest BCUT2D eigenvalue weighted by molar-refractivity contribution is 5.72. The second-order valence-corrected chi connectivity index (χ2v) is 4.93. The molecule has 1 heterocycles. The molecule has 0 aliphatic rings. The van der Waals surface area contributed by atoms with Crippen LogP contribution in [0, 0.1) is 11.2 Å². The highest BCUT2D eigenvalue weighted by atomic mass is 19.1. The monoisotopic (exact) mass is 207 g/mol. The first-order chi connectivity index (χ1) is 6.96. The van der Waals surface area contributed by atoms with E-state index in [0.717, 1.165) is 0 Å². The van der Waals surface area contributed by atoms with Gasteiger partial charge >= 0.3 is 0 Å². The van der Waals surface area contributed by atoms with E-state index in [1.807, 2.05) is 0 Å². The van der Waals surface area contributed by atoms with Gasteiger partial charge in [-0.2, -0.15) is 0 Å². The fourth-order valence-corrected chi connectivity index (χ4v) is 1.49. The zero-order valence-electron chi connectivity index (χ0n) is 9.17. The summed E-state index contributed by atoms with van der Waals surface area (Å²) in [6.45, 7) is 6.29. The van der Waals surface area contributed by atoms with Gasteiger partial charge in [-0.15, -0.1) is 0 Å². The van der Waals surface area contributed by atoms with Crippen molar-refractivity contribution in [3.8, 4) is 0 Å². The Balaban J connectivity index is 2.44. The summed E-state index contributed by atoms with van der Waals surface area (Å²) in [6, 6.07) is 4.78. The highest BCUT2D eigenvalue weighted by Gasteiger charge is 2.17. The van der Waals surface area contributed by atoms with Gasteiger partial charge in [0, 0.05) is 6.42 Å². The van der Waals surface area contributed by atoms with Crippen LogP contribution in [0.25, 0.3) is 11.1 Å². The van der Waals surface area contributed by atoms with E-state index < -0.39 is 0 Å². The first kappa shape index (κ1) is 10.1. The quantitative estimate of drug-likeness (QED) is 0.714. The summed E-state index contributed by atoms with van der Waals surface area (Å²) in [5.74, 6) is 0.253. The third-order valence-corrected chi connectivity index (χ3v) is 2.09. The van der Waals surface area contributed by atoms with Crippen LogP contribution in [0.4, 0.5) is 4.39 Å². The molecule has 1 aromatic carbocycles. The van der Waals surface area contributed by atoms with Crippen molar-refractivity contribution in [3.05, 3.63) is 29.9 Å². The van der Waals surface area contributed by atoms with E-state index in [9.17, 15) is 4.39 Å². The second kappa shape index (κ2) is 3.33. The maximum atomic E-state index is 13.3. The SMILES string of the molecule is CC(C)(C)Cc1nc2cccc(F)c2o1. The topological polar surface area (TPSA) is 26.0 Å².